The van der Waals surface area contributed by atoms with Crippen LogP contribution in [-0.4, -0.2) is 10.1 Å². The number of nitrogens with zero attached hydrogens (tertiary/aromatic N) is 1. The minimum atomic E-state index is -0.0430. The summed E-state index contributed by atoms with van der Waals surface area (Å²) < 4.78 is 5.71. The van der Waals surface area contributed by atoms with Gasteiger partial charge in [-0.15, -0.1) is 0 Å². The van der Waals surface area contributed by atoms with E-state index >= 15 is 0 Å². The van der Waals surface area contributed by atoms with Gasteiger partial charge in [-0.25, -0.2) is 0 Å². The number of aliphatic hydroxyl groups is 1. The van der Waals surface area contributed by atoms with Crippen molar-refractivity contribution >= 4 is 5.69 Å². The molecule has 2 rings (SSSR count). The van der Waals surface area contributed by atoms with Crippen LogP contribution in [0.25, 0.3) is 0 Å². The van der Waals surface area contributed by atoms with Crippen molar-refractivity contribution < 1.29 is 9.84 Å². The molecule has 0 aliphatic rings. The highest BCUT2D eigenvalue weighted by Gasteiger charge is 2.08. The summed E-state index contributed by atoms with van der Waals surface area (Å²) in [5.41, 5.74) is 10.2. The largest absolute Gasteiger partial charge is 0.487 e. The molecule has 0 aliphatic carbocycles. The molecule has 0 amide bonds. The van der Waals surface area contributed by atoms with Crippen LogP contribution < -0.4 is 10.5 Å². The van der Waals surface area contributed by atoms with Gasteiger partial charge in [0.2, 0.25) is 0 Å². The maximum atomic E-state index is 9.24. The van der Waals surface area contributed by atoms with Gasteiger partial charge in [0.1, 0.15) is 12.4 Å². The highest BCUT2D eigenvalue weighted by Crippen LogP contribution is 2.22. The third-order valence-corrected chi connectivity index (χ3v) is 3.18. The minimum absolute atomic E-state index is 0.0430. The summed E-state index contributed by atoms with van der Waals surface area (Å²) in [6, 6.07) is 7.40. The number of aryl methyl sites for hydroxylation is 1. The number of rotatable bonds is 4. The number of aromatic nitrogens is 1. The molecular formula is C15H18N2O2. The predicted octanol–water partition coefficient (Wildman–Crippen LogP) is 2.35. The van der Waals surface area contributed by atoms with Gasteiger partial charge in [0.15, 0.2) is 0 Å². The summed E-state index contributed by atoms with van der Waals surface area (Å²) in [5, 5.41) is 9.24. The van der Waals surface area contributed by atoms with Crippen molar-refractivity contribution in [2.45, 2.75) is 27.1 Å². The molecular weight excluding hydrogens is 240 g/mol. The Morgan fingerprint density at radius 2 is 2.00 bits per heavy atom. The van der Waals surface area contributed by atoms with Gasteiger partial charge in [0, 0.05) is 17.4 Å². The molecule has 0 fully saturated rings. The SMILES string of the molecule is Cc1cnc(COc2ccccc2CO)c(C)c1N. The van der Waals surface area contributed by atoms with E-state index in [9.17, 15) is 5.11 Å². The van der Waals surface area contributed by atoms with Crippen LogP contribution in [0.3, 0.4) is 0 Å². The second kappa shape index (κ2) is 5.71. The number of pyridine rings is 1. The van der Waals surface area contributed by atoms with E-state index < -0.39 is 0 Å². The highest BCUT2D eigenvalue weighted by molar-refractivity contribution is 5.53. The lowest BCUT2D eigenvalue weighted by atomic mass is 10.1. The van der Waals surface area contributed by atoms with Crippen LogP contribution in [0.4, 0.5) is 5.69 Å². The second-order valence-electron chi connectivity index (χ2n) is 4.48. The van der Waals surface area contributed by atoms with E-state index in [1.54, 1.807) is 6.20 Å². The van der Waals surface area contributed by atoms with Crippen molar-refractivity contribution in [3.63, 3.8) is 0 Å². The van der Waals surface area contributed by atoms with E-state index in [2.05, 4.69) is 4.98 Å². The van der Waals surface area contributed by atoms with Gasteiger partial charge in [0.05, 0.1) is 12.3 Å². The Bertz CT molecular complexity index is 582. The molecule has 4 heteroatoms. The van der Waals surface area contributed by atoms with Crippen LogP contribution in [0.1, 0.15) is 22.4 Å². The number of para-hydroxylation sites is 1. The number of benzene rings is 1. The molecule has 1 heterocycles. The summed E-state index contributed by atoms with van der Waals surface area (Å²) in [4.78, 5) is 4.34. The molecule has 3 N–H and O–H groups in total. The standard InChI is InChI=1S/C15H18N2O2/c1-10-7-17-13(11(2)15(10)16)9-19-14-6-4-3-5-12(14)8-18/h3-7,18H,8-9H2,1-2H3,(H2,16,17). The molecule has 0 spiro atoms. The zero-order valence-electron chi connectivity index (χ0n) is 11.2. The van der Waals surface area contributed by atoms with E-state index in [4.69, 9.17) is 10.5 Å². The Morgan fingerprint density at radius 3 is 2.74 bits per heavy atom. The quantitative estimate of drug-likeness (QED) is 0.883. The van der Waals surface area contributed by atoms with Gasteiger partial charge in [-0.2, -0.15) is 0 Å². The van der Waals surface area contributed by atoms with Crippen molar-refractivity contribution in [3.05, 3.63) is 52.8 Å². The van der Waals surface area contributed by atoms with Crippen LogP contribution in [0.5, 0.6) is 5.75 Å². The van der Waals surface area contributed by atoms with Gasteiger partial charge in [0.25, 0.3) is 0 Å². The van der Waals surface area contributed by atoms with Crippen molar-refractivity contribution in [1.82, 2.24) is 4.98 Å². The number of hydrogen-bond donors (Lipinski definition) is 2. The molecule has 2 aromatic rings. The Kier molecular flexibility index (Phi) is 4.02. The number of hydrogen-bond acceptors (Lipinski definition) is 4. The highest BCUT2D eigenvalue weighted by atomic mass is 16.5. The summed E-state index contributed by atoms with van der Waals surface area (Å²) in [6.07, 6.45) is 1.75. The smallest absolute Gasteiger partial charge is 0.131 e. The van der Waals surface area contributed by atoms with Gasteiger partial charge < -0.3 is 15.6 Å². The lowest BCUT2D eigenvalue weighted by molar-refractivity contribution is 0.257. The number of ether oxygens (including phenoxy) is 1. The fourth-order valence-corrected chi connectivity index (χ4v) is 1.86. The Morgan fingerprint density at radius 1 is 1.26 bits per heavy atom. The maximum Gasteiger partial charge on any atom is 0.131 e. The first-order valence-corrected chi connectivity index (χ1v) is 6.15. The topological polar surface area (TPSA) is 68.4 Å². The van der Waals surface area contributed by atoms with Crippen LogP contribution >= 0.6 is 0 Å². The van der Waals surface area contributed by atoms with Crippen LogP contribution in [-0.2, 0) is 13.2 Å². The third-order valence-electron chi connectivity index (χ3n) is 3.18. The lowest BCUT2D eigenvalue weighted by Gasteiger charge is -2.13. The molecule has 0 aliphatic heterocycles. The van der Waals surface area contributed by atoms with Gasteiger partial charge in [-0.1, -0.05) is 18.2 Å². The van der Waals surface area contributed by atoms with Crippen LogP contribution in [0.15, 0.2) is 30.5 Å². The molecule has 0 bridgehead atoms. The molecule has 0 unspecified atom stereocenters. The van der Waals surface area contributed by atoms with Crippen LogP contribution in [0, 0.1) is 13.8 Å². The van der Waals surface area contributed by atoms with E-state index in [0.29, 0.717) is 12.4 Å². The lowest BCUT2D eigenvalue weighted by Crippen LogP contribution is -2.06. The monoisotopic (exact) mass is 258 g/mol. The molecule has 0 saturated carbocycles. The predicted molar refractivity (Wildman–Crippen MR) is 74.8 cm³/mol. The van der Waals surface area contributed by atoms with Gasteiger partial charge >= 0.3 is 0 Å². The first-order chi connectivity index (χ1) is 9.13. The number of nitrogen functional groups attached to an aromatic ring is 1. The number of anilines is 1. The zero-order valence-corrected chi connectivity index (χ0v) is 11.2. The summed E-state index contributed by atoms with van der Waals surface area (Å²) in [7, 11) is 0. The molecule has 19 heavy (non-hydrogen) atoms. The maximum absolute atomic E-state index is 9.24. The average molecular weight is 258 g/mol. The second-order valence-corrected chi connectivity index (χ2v) is 4.48. The molecule has 4 nitrogen and oxygen atoms in total. The van der Waals surface area contributed by atoms with Gasteiger partial charge in [-0.05, 0) is 31.0 Å². The summed E-state index contributed by atoms with van der Waals surface area (Å²) in [5.74, 6) is 0.672. The first kappa shape index (κ1) is 13.4. The molecule has 100 valence electrons. The zero-order chi connectivity index (χ0) is 13.8. The van der Waals surface area contributed by atoms with Crippen molar-refractivity contribution in [3.8, 4) is 5.75 Å². The summed E-state index contributed by atoms with van der Waals surface area (Å²) >= 11 is 0. The van der Waals surface area contributed by atoms with E-state index in [0.717, 1.165) is 28.1 Å². The number of nitrogens with two attached hydrogens (primary N) is 1. The average Bonchev–Trinajstić information content (AvgIpc) is 2.44. The Labute approximate surface area is 112 Å². The van der Waals surface area contributed by atoms with E-state index in [1.807, 2.05) is 38.1 Å². The molecule has 0 radical (unpaired) electrons. The number of aliphatic hydroxyl groups excluding tert-OH is 1. The van der Waals surface area contributed by atoms with Crippen LogP contribution in [0.2, 0.25) is 0 Å². The van der Waals surface area contributed by atoms with E-state index in [1.165, 1.54) is 0 Å². The van der Waals surface area contributed by atoms with Crippen molar-refractivity contribution in [2.75, 3.05) is 5.73 Å². The first-order valence-electron chi connectivity index (χ1n) is 6.15. The molecule has 0 atom stereocenters. The van der Waals surface area contributed by atoms with Crippen molar-refractivity contribution in [1.29, 1.82) is 0 Å². The third kappa shape index (κ3) is 2.85. The molecule has 1 aromatic carbocycles. The van der Waals surface area contributed by atoms with Crippen molar-refractivity contribution in [2.24, 2.45) is 0 Å². The van der Waals surface area contributed by atoms with E-state index in [-0.39, 0.29) is 6.61 Å². The normalized spacial score (nSPS) is 10.5. The Balaban J connectivity index is 2.17. The molecule has 0 saturated heterocycles. The molecule has 1 aromatic heterocycles. The minimum Gasteiger partial charge on any atom is -0.487 e. The Hall–Kier alpha value is -2.07. The fourth-order valence-electron chi connectivity index (χ4n) is 1.86. The summed E-state index contributed by atoms with van der Waals surface area (Å²) in [6.45, 7) is 4.17. The van der Waals surface area contributed by atoms with Gasteiger partial charge in [-0.3, -0.25) is 4.98 Å². The fraction of sp³-hybridized carbons (Fsp3) is 0.267.